The summed E-state index contributed by atoms with van der Waals surface area (Å²) in [6.07, 6.45) is 0. The Morgan fingerprint density at radius 1 is 1.26 bits per heavy atom. The topological polar surface area (TPSA) is 144 Å². The van der Waals surface area contributed by atoms with Gasteiger partial charge >= 0.3 is 6.03 Å². The molecule has 122 valence electrons. The lowest BCUT2D eigenvalue weighted by Crippen LogP contribution is -2.37. The highest BCUT2D eigenvalue weighted by molar-refractivity contribution is 5.96. The lowest BCUT2D eigenvalue weighted by Gasteiger charge is -2.09. The molecule has 5 N–H and O–H groups in total. The molecule has 0 fully saturated rings. The first-order chi connectivity index (χ1) is 11.1. The summed E-state index contributed by atoms with van der Waals surface area (Å²) >= 11 is 0. The van der Waals surface area contributed by atoms with E-state index in [0.717, 1.165) is 0 Å². The van der Waals surface area contributed by atoms with Gasteiger partial charge in [-0.05, 0) is 22.4 Å². The van der Waals surface area contributed by atoms with E-state index in [2.05, 4.69) is 30.9 Å². The SMILES string of the molecule is COc1cccc(NC(=O)NCCNC(=O)c2nonc2N)c1. The molecule has 3 amide bonds. The van der Waals surface area contributed by atoms with Crippen LogP contribution in [0.1, 0.15) is 10.5 Å². The standard InChI is InChI=1S/C13H16N6O4/c1-22-9-4-2-3-8(7-9)17-13(21)16-6-5-15-12(20)10-11(14)19-23-18-10/h2-4,7H,5-6H2,1H3,(H2,14,19)(H,15,20)(H2,16,17,21). The maximum Gasteiger partial charge on any atom is 0.319 e. The number of methoxy groups -OCH3 is 1. The van der Waals surface area contributed by atoms with Crippen LogP contribution in [0.25, 0.3) is 0 Å². The smallest absolute Gasteiger partial charge is 0.319 e. The van der Waals surface area contributed by atoms with Gasteiger partial charge in [-0.2, -0.15) is 0 Å². The molecule has 1 heterocycles. The van der Waals surface area contributed by atoms with Gasteiger partial charge in [0.25, 0.3) is 5.91 Å². The van der Waals surface area contributed by atoms with E-state index in [4.69, 9.17) is 10.5 Å². The summed E-state index contributed by atoms with van der Waals surface area (Å²) in [6.45, 7) is 0.406. The minimum Gasteiger partial charge on any atom is -0.497 e. The van der Waals surface area contributed by atoms with Gasteiger partial charge in [0.05, 0.1) is 7.11 Å². The molecule has 1 aromatic carbocycles. The number of nitrogens with zero attached hydrogens (tertiary/aromatic N) is 2. The highest BCUT2D eigenvalue weighted by Gasteiger charge is 2.15. The van der Waals surface area contributed by atoms with Crippen LogP contribution >= 0.6 is 0 Å². The molecule has 2 rings (SSSR count). The zero-order valence-electron chi connectivity index (χ0n) is 12.3. The maximum absolute atomic E-state index is 11.7. The molecule has 1 aromatic heterocycles. The third-order valence-electron chi connectivity index (χ3n) is 2.75. The molecule has 0 spiro atoms. The van der Waals surface area contributed by atoms with Gasteiger partial charge in [0.2, 0.25) is 11.5 Å². The molecule has 23 heavy (non-hydrogen) atoms. The number of aromatic nitrogens is 2. The molecule has 10 nitrogen and oxygen atoms in total. The number of nitrogens with two attached hydrogens (primary N) is 1. The first kappa shape index (κ1) is 16.1. The summed E-state index contributed by atoms with van der Waals surface area (Å²) in [7, 11) is 1.54. The summed E-state index contributed by atoms with van der Waals surface area (Å²) < 4.78 is 9.38. The number of benzene rings is 1. The lowest BCUT2D eigenvalue weighted by atomic mass is 10.3. The molecule has 0 saturated heterocycles. The molecule has 0 aliphatic carbocycles. The van der Waals surface area contributed by atoms with Crippen molar-refractivity contribution in [1.82, 2.24) is 20.9 Å². The number of nitrogens with one attached hydrogen (secondary N) is 3. The average Bonchev–Trinajstić information content (AvgIpc) is 2.97. The quantitative estimate of drug-likeness (QED) is 0.557. The predicted molar refractivity (Wildman–Crippen MR) is 81.1 cm³/mol. The second-order valence-corrected chi connectivity index (χ2v) is 4.37. The van der Waals surface area contributed by atoms with Crippen LogP contribution in [0, 0.1) is 0 Å². The summed E-state index contributed by atoms with van der Waals surface area (Å²) in [4.78, 5) is 23.3. The molecule has 0 saturated carbocycles. The van der Waals surface area contributed by atoms with E-state index in [-0.39, 0.29) is 24.6 Å². The number of carbonyl (C=O) groups excluding carboxylic acids is 2. The third kappa shape index (κ3) is 4.59. The molecule has 0 atom stereocenters. The highest BCUT2D eigenvalue weighted by atomic mass is 16.6. The van der Waals surface area contributed by atoms with Gasteiger partial charge in [-0.3, -0.25) is 4.79 Å². The van der Waals surface area contributed by atoms with Gasteiger partial charge in [-0.25, -0.2) is 9.42 Å². The summed E-state index contributed by atoms with van der Waals surface area (Å²) in [5, 5.41) is 14.4. The zero-order chi connectivity index (χ0) is 16.7. The number of amides is 3. The Morgan fingerprint density at radius 2 is 2.04 bits per heavy atom. The highest BCUT2D eigenvalue weighted by Crippen LogP contribution is 2.16. The first-order valence-electron chi connectivity index (χ1n) is 6.65. The third-order valence-corrected chi connectivity index (χ3v) is 2.75. The van der Waals surface area contributed by atoms with Gasteiger partial charge in [0.15, 0.2) is 0 Å². The van der Waals surface area contributed by atoms with Crippen LogP contribution in [0.3, 0.4) is 0 Å². The predicted octanol–water partition coefficient (Wildman–Crippen LogP) is 0.212. The van der Waals surface area contributed by atoms with Crippen molar-refractivity contribution in [2.24, 2.45) is 0 Å². The number of urea groups is 1. The fourth-order valence-electron chi connectivity index (χ4n) is 1.66. The molecular formula is C13H16N6O4. The molecule has 0 radical (unpaired) electrons. The Kier molecular flexibility index (Phi) is 5.34. The van der Waals surface area contributed by atoms with E-state index in [1.165, 1.54) is 0 Å². The van der Waals surface area contributed by atoms with E-state index >= 15 is 0 Å². The van der Waals surface area contributed by atoms with Crippen molar-refractivity contribution in [1.29, 1.82) is 0 Å². The Bertz CT molecular complexity index is 687. The van der Waals surface area contributed by atoms with Gasteiger partial charge < -0.3 is 26.4 Å². The average molecular weight is 320 g/mol. The van der Waals surface area contributed by atoms with Gasteiger partial charge in [-0.1, -0.05) is 6.07 Å². The largest absolute Gasteiger partial charge is 0.497 e. The molecule has 2 aromatic rings. The lowest BCUT2D eigenvalue weighted by molar-refractivity contribution is 0.0944. The van der Waals surface area contributed by atoms with Crippen LogP contribution in [0.4, 0.5) is 16.3 Å². The van der Waals surface area contributed by atoms with Crippen LogP contribution in [0.15, 0.2) is 28.9 Å². The van der Waals surface area contributed by atoms with Gasteiger partial charge in [0.1, 0.15) is 5.75 Å². The second kappa shape index (κ2) is 7.64. The fourth-order valence-corrected chi connectivity index (χ4v) is 1.66. The Labute approximate surface area is 131 Å². The Morgan fingerprint density at radius 3 is 2.74 bits per heavy atom. The number of ether oxygens (including phenoxy) is 1. The molecule has 10 heteroatoms. The van der Waals surface area contributed by atoms with Crippen LogP contribution in [0.2, 0.25) is 0 Å². The van der Waals surface area contributed by atoms with Crippen molar-refractivity contribution in [3.63, 3.8) is 0 Å². The number of nitrogen functional groups attached to an aromatic ring is 1. The number of hydrogen-bond donors (Lipinski definition) is 4. The summed E-state index contributed by atoms with van der Waals surface area (Å²) in [5.74, 6) is 0.0128. The minimum atomic E-state index is -0.529. The zero-order valence-corrected chi connectivity index (χ0v) is 12.3. The van der Waals surface area contributed by atoms with Crippen molar-refractivity contribution in [3.05, 3.63) is 30.0 Å². The minimum absolute atomic E-state index is 0.0915. The molecule has 0 unspecified atom stereocenters. The molecular weight excluding hydrogens is 304 g/mol. The van der Waals surface area contributed by atoms with Crippen molar-refractivity contribution < 1.29 is 19.0 Å². The maximum atomic E-state index is 11.7. The van der Waals surface area contributed by atoms with E-state index in [1.54, 1.807) is 31.4 Å². The van der Waals surface area contributed by atoms with E-state index in [9.17, 15) is 9.59 Å². The number of hydrogen-bond acceptors (Lipinski definition) is 7. The fraction of sp³-hybridized carbons (Fsp3) is 0.231. The Hall–Kier alpha value is -3.30. The normalized spacial score (nSPS) is 9.96. The van der Waals surface area contributed by atoms with Crippen molar-refractivity contribution >= 4 is 23.4 Å². The van der Waals surface area contributed by atoms with Crippen molar-refractivity contribution in [2.45, 2.75) is 0 Å². The molecule has 0 bridgehead atoms. The summed E-state index contributed by atoms with van der Waals surface area (Å²) in [5.41, 5.74) is 5.88. The first-order valence-corrected chi connectivity index (χ1v) is 6.65. The van der Waals surface area contributed by atoms with Crippen molar-refractivity contribution in [2.75, 3.05) is 31.2 Å². The molecule has 0 aliphatic rings. The Balaban J connectivity index is 1.70. The number of carbonyl (C=O) groups is 2. The van der Waals surface area contributed by atoms with E-state index < -0.39 is 11.9 Å². The van der Waals surface area contributed by atoms with Gasteiger partial charge in [0, 0.05) is 24.8 Å². The van der Waals surface area contributed by atoms with E-state index in [1.807, 2.05) is 0 Å². The van der Waals surface area contributed by atoms with Crippen LogP contribution in [-0.2, 0) is 0 Å². The molecule has 0 aliphatic heterocycles. The monoisotopic (exact) mass is 320 g/mol. The van der Waals surface area contributed by atoms with Crippen LogP contribution < -0.4 is 26.4 Å². The van der Waals surface area contributed by atoms with Crippen molar-refractivity contribution in [3.8, 4) is 5.75 Å². The van der Waals surface area contributed by atoms with Crippen LogP contribution in [0.5, 0.6) is 5.75 Å². The van der Waals surface area contributed by atoms with Crippen LogP contribution in [-0.4, -0.2) is 42.5 Å². The van der Waals surface area contributed by atoms with E-state index in [0.29, 0.717) is 11.4 Å². The number of rotatable bonds is 6. The van der Waals surface area contributed by atoms with Gasteiger partial charge in [-0.15, -0.1) is 0 Å². The number of anilines is 2. The summed E-state index contributed by atoms with van der Waals surface area (Å²) in [6, 6.07) is 6.52. The second-order valence-electron chi connectivity index (χ2n) is 4.37.